The minimum Gasteiger partial charge on any atom is -0.477 e. The summed E-state index contributed by atoms with van der Waals surface area (Å²) in [4.78, 5) is 38.7. The number of aromatic carboxylic acids is 1. The Bertz CT molecular complexity index is 1590. The van der Waals surface area contributed by atoms with E-state index < -0.39 is 23.6 Å². The second kappa shape index (κ2) is 10.6. The van der Waals surface area contributed by atoms with E-state index in [2.05, 4.69) is 30.5 Å². The minimum atomic E-state index is -4.54. The largest absolute Gasteiger partial charge is 0.477 e. The van der Waals surface area contributed by atoms with Gasteiger partial charge in [0.2, 0.25) is 5.95 Å². The lowest BCUT2D eigenvalue weighted by molar-refractivity contribution is -0.137. The number of fused-ring (bicyclic) bond motifs is 1. The van der Waals surface area contributed by atoms with Crippen molar-refractivity contribution >= 4 is 34.9 Å². The molecule has 0 spiro atoms. The predicted molar refractivity (Wildman–Crippen MR) is 142 cm³/mol. The van der Waals surface area contributed by atoms with Crippen LogP contribution in [-0.2, 0) is 19.1 Å². The Kier molecular flexibility index (Phi) is 7.07. The highest BCUT2D eigenvalue weighted by atomic mass is 19.4. The van der Waals surface area contributed by atoms with Crippen LogP contribution < -0.4 is 15.5 Å². The number of rotatable bonds is 6. The number of carboxylic acid groups (broad SMARTS) is 1. The van der Waals surface area contributed by atoms with Gasteiger partial charge >= 0.3 is 12.1 Å². The van der Waals surface area contributed by atoms with Crippen LogP contribution in [-0.4, -0.2) is 38.5 Å². The molecule has 12 heteroatoms. The Morgan fingerprint density at radius 1 is 1.00 bits per heavy atom. The van der Waals surface area contributed by atoms with E-state index in [-0.39, 0.29) is 11.3 Å². The first-order valence-electron chi connectivity index (χ1n) is 12.2. The molecule has 2 aromatic carbocycles. The molecule has 0 saturated carbocycles. The third-order valence-corrected chi connectivity index (χ3v) is 6.43. The molecule has 0 unspecified atom stereocenters. The van der Waals surface area contributed by atoms with Crippen LogP contribution in [0.15, 0.2) is 67.0 Å². The molecule has 0 radical (unpaired) electrons. The Hall–Kier alpha value is -5.00. The number of aromatic nitrogens is 3. The Balaban J connectivity index is 1.29. The van der Waals surface area contributed by atoms with Crippen LogP contribution in [0.5, 0.6) is 0 Å². The van der Waals surface area contributed by atoms with Gasteiger partial charge in [-0.2, -0.15) is 13.2 Å². The first-order valence-corrected chi connectivity index (χ1v) is 12.2. The molecule has 0 bridgehead atoms. The van der Waals surface area contributed by atoms with Gasteiger partial charge in [0, 0.05) is 48.2 Å². The quantitative estimate of drug-likeness (QED) is 0.291. The van der Waals surface area contributed by atoms with E-state index in [0.29, 0.717) is 36.8 Å². The van der Waals surface area contributed by atoms with Crippen molar-refractivity contribution in [1.82, 2.24) is 15.0 Å². The van der Waals surface area contributed by atoms with Gasteiger partial charge in [0.05, 0.1) is 23.1 Å². The van der Waals surface area contributed by atoms with Gasteiger partial charge in [-0.1, -0.05) is 12.1 Å². The van der Waals surface area contributed by atoms with Crippen LogP contribution in [0.25, 0.3) is 0 Å². The molecule has 9 nitrogen and oxygen atoms in total. The maximum Gasteiger partial charge on any atom is 0.416 e. The molecule has 1 amide bonds. The predicted octanol–water partition coefficient (Wildman–Crippen LogP) is 5.46. The summed E-state index contributed by atoms with van der Waals surface area (Å²) in [6, 6.07) is 12.6. The van der Waals surface area contributed by atoms with Crippen LogP contribution in [0, 0.1) is 6.92 Å². The summed E-state index contributed by atoms with van der Waals surface area (Å²) in [5.74, 6) is -1.38. The summed E-state index contributed by atoms with van der Waals surface area (Å²) in [5.41, 5.74) is 3.63. The number of amides is 1. The number of nitrogens with one attached hydrogen (secondary N) is 2. The average Bonchev–Trinajstić information content (AvgIpc) is 2.93. The van der Waals surface area contributed by atoms with Gasteiger partial charge in [-0.3, -0.25) is 4.79 Å². The van der Waals surface area contributed by atoms with E-state index in [1.807, 2.05) is 13.0 Å². The lowest BCUT2D eigenvalue weighted by Gasteiger charge is -2.31. The minimum absolute atomic E-state index is 0.0633. The monoisotopic (exact) mass is 548 g/mol. The van der Waals surface area contributed by atoms with Crippen molar-refractivity contribution in [3.8, 4) is 0 Å². The number of benzene rings is 2. The maximum absolute atomic E-state index is 13.1. The molecule has 204 valence electrons. The Morgan fingerprint density at radius 2 is 1.80 bits per heavy atom. The van der Waals surface area contributed by atoms with Crippen LogP contribution in [0.1, 0.15) is 43.2 Å². The van der Waals surface area contributed by atoms with Gasteiger partial charge in [-0.25, -0.2) is 19.7 Å². The molecule has 4 aromatic rings. The van der Waals surface area contributed by atoms with Gasteiger partial charge in [0.1, 0.15) is 5.69 Å². The van der Waals surface area contributed by atoms with Gasteiger partial charge in [-0.15, -0.1) is 0 Å². The number of carbonyl (C=O) groups excluding carboxylic acids is 1. The van der Waals surface area contributed by atoms with Crippen molar-refractivity contribution in [1.29, 1.82) is 0 Å². The fraction of sp³-hybridized carbons (Fsp3) is 0.179. The fourth-order valence-electron chi connectivity index (χ4n) is 4.37. The second-order valence-corrected chi connectivity index (χ2v) is 9.23. The van der Waals surface area contributed by atoms with E-state index >= 15 is 0 Å². The number of aryl methyl sites for hydroxylation is 1. The summed E-state index contributed by atoms with van der Waals surface area (Å²) < 4.78 is 39.2. The molecule has 0 saturated heterocycles. The molecule has 0 aliphatic carbocycles. The van der Waals surface area contributed by atoms with Gasteiger partial charge in [0.25, 0.3) is 5.91 Å². The standard InChI is InChI=1S/C28H23F3N6O3/c1-16-5-6-20(34-25(38)17-3-2-4-19(11-17)28(29,30)31)12-24(16)37-10-9-22-18(15-37)13-33-27(36-22)35-21-7-8-23(26(39)40)32-14-21/h2-8,11-14H,9-10,15H2,1H3,(H,34,38)(H,39,40)(H,33,35,36). The number of nitrogens with zero attached hydrogens (tertiary/aromatic N) is 4. The SMILES string of the molecule is Cc1ccc(NC(=O)c2cccc(C(F)(F)F)c2)cc1N1CCc2nc(Nc3ccc(C(=O)O)nc3)ncc2C1. The number of anilines is 4. The Labute approximate surface area is 226 Å². The number of pyridine rings is 1. The van der Waals surface area contributed by atoms with Crippen molar-refractivity contribution in [2.24, 2.45) is 0 Å². The fourth-order valence-corrected chi connectivity index (χ4v) is 4.37. The normalized spacial score (nSPS) is 12.9. The summed E-state index contributed by atoms with van der Waals surface area (Å²) in [6.07, 6.45) is -0.785. The molecule has 0 atom stereocenters. The third kappa shape index (κ3) is 5.85. The zero-order valence-electron chi connectivity index (χ0n) is 21.2. The number of carboxylic acids is 1. The molecule has 3 heterocycles. The number of hydrogen-bond acceptors (Lipinski definition) is 7. The van der Waals surface area contributed by atoms with Crippen LogP contribution >= 0.6 is 0 Å². The molecule has 3 N–H and O–H groups in total. The molecule has 5 rings (SSSR count). The zero-order valence-corrected chi connectivity index (χ0v) is 21.2. The number of carbonyl (C=O) groups is 2. The lowest BCUT2D eigenvalue weighted by atomic mass is 10.0. The summed E-state index contributed by atoms with van der Waals surface area (Å²) in [7, 11) is 0. The zero-order chi connectivity index (χ0) is 28.4. The maximum atomic E-state index is 13.1. The van der Waals surface area contributed by atoms with Crippen LogP contribution in [0.2, 0.25) is 0 Å². The van der Waals surface area contributed by atoms with E-state index in [4.69, 9.17) is 5.11 Å². The second-order valence-electron chi connectivity index (χ2n) is 9.23. The van der Waals surface area contributed by atoms with Crippen molar-refractivity contribution in [2.45, 2.75) is 26.1 Å². The molecule has 40 heavy (non-hydrogen) atoms. The number of halogens is 3. The summed E-state index contributed by atoms with van der Waals surface area (Å²) in [5, 5.41) is 14.7. The van der Waals surface area contributed by atoms with E-state index in [0.717, 1.165) is 34.6 Å². The van der Waals surface area contributed by atoms with Crippen LogP contribution in [0.3, 0.4) is 0 Å². The van der Waals surface area contributed by atoms with Crippen molar-refractivity contribution in [3.63, 3.8) is 0 Å². The highest BCUT2D eigenvalue weighted by Crippen LogP contribution is 2.31. The highest BCUT2D eigenvalue weighted by molar-refractivity contribution is 6.04. The topological polar surface area (TPSA) is 120 Å². The molecular formula is C28H23F3N6O3. The third-order valence-electron chi connectivity index (χ3n) is 6.43. The average molecular weight is 549 g/mol. The smallest absolute Gasteiger partial charge is 0.416 e. The molecule has 2 aromatic heterocycles. The van der Waals surface area contributed by atoms with Crippen LogP contribution in [0.4, 0.5) is 36.2 Å². The van der Waals surface area contributed by atoms with Gasteiger partial charge in [-0.05, 0) is 55.0 Å². The molecule has 0 fully saturated rings. The number of alkyl halides is 3. The summed E-state index contributed by atoms with van der Waals surface area (Å²) >= 11 is 0. The van der Waals surface area contributed by atoms with E-state index in [1.54, 1.807) is 24.4 Å². The van der Waals surface area contributed by atoms with Gasteiger partial charge < -0.3 is 20.6 Å². The van der Waals surface area contributed by atoms with Crippen molar-refractivity contribution < 1.29 is 27.9 Å². The van der Waals surface area contributed by atoms with Gasteiger partial charge in [0.15, 0.2) is 0 Å². The van der Waals surface area contributed by atoms with Crippen molar-refractivity contribution in [3.05, 3.63) is 101 Å². The lowest BCUT2D eigenvalue weighted by Crippen LogP contribution is -2.32. The molecule has 1 aliphatic rings. The molecular weight excluding hydrogens is 525 g/mol. The van der Waals surface area contributed by atoms with E-state index in [1.165, 1.54) is 24.4 Å². The Morgan fingerprint density at radius 3 is 2.52 bits per heavy atom. The first kappa shape index (κ1) is 26.6. The summed E-state index contributed by atoms with van der Waals surface area (Å²) in [6.45, 7) is 3.11. The van der Waals surface area contributed by atoms with Crippen molar-refractivity contribution in [2.75, 3.05) is 22.1 Å². The number of hydrogen-bond donors (Lipinski definition) is 3. The molecule has 1 aliphatic heterocycles. The highest BCUT2D eigenvalue weighted by Gasteiger charge is 2.31. The van der Waals surface area contributed by atoms with E-state index in [9.17, 15) is 22.8 Å². The first-order chi connectivity index (χ1) is 19.1.